The van der Waals surface area contributed by atoms with Crippen molar-refractivity contribution in [2.75, 3.05) is 6.26 Å². The van der Waals surface area contributed by atoms with Gasteiger partial charge in [-0.05, 0) is 11.8 Å². The Morgan fingerprint density at radius 2 is 1.65 bits per heavy atom. The summed E-state index contributed by atoms with van der Waals surface area (Å²) >= 11 is 1.64. The summed E-state index contributed by atoms with van der Waals surface area (Å²) in [5, 5.41) is 0.967. The highest BCUT2D eigenvalue weighted by molar-refractivity contribution is 7.98. The maximum Gasteiger partial charge on any atom is 0.252 e. The van der Waals surface area contributed by atoms with Crippen LogP contribution in [0.15, 0.2) is 72.0 Å². The fourth-order valence-corrected chi connectivity index (χ4v) is 3.26. The summed E-state index contributed by atoms with van der Waals surface area (Å²) in [7, 11) is 0. The smallest absolute Gasteiger partial charge is 0.251 e. The van der Waals surface area contributed by atoms with Crippen LogP contribution in [0.3, 0.4) is 0 Å². The summed E-state index contributed by atoms with van der Waals surface area (Å²) < 4.78 is 4.29. The zero-order valence-electron chi connectivity index (χ0n) is 12.8. The Morgan fingerprint density at radius 3 is 2.35 bits per heavy atom. The molecule has 2 heterocycles. The minimum absolute atomic E-state index is 0.740. The second-order valence-corrected chi connectivity index (χ2v) is 6.04. The Kier molecular flexibility index (Phi) is 3.63. The first-order valence-electron chi connectivity index (χ1n) is 7.44. The van der Waals surface area contributed by atoms with Crippen molar-refractivity contribution >= 4 is 17.5 Å². The van der Waals surface area contributed by atoms with Crippen LogP contribution in [0.4, 0.5) is 0 Å². The van der Waals surface area contributed by atoms with Gasteiger partial charge in [0.1, 0.15) is 0 Å². The molecule has 0 spiro atoms. The summed E-state index contributed by atoms with van der Waals surface area (Å²) in [6.07, 6.45) is 3.94. The average Bonchev–Trinajstić information content (AvgIpc) is 3.16. The largest absolute Gasteiger partial charge is 0.252 e. The Hall–Kier alpha value is -2.53. The number of imidazole rings is 1. The van der Waals surface area contributed by atoms with Crippen molar-refractivity contribution in [1.29, 1.82) is 0 Å². The Morgan fingerprint density at radius 1 is 0.957 bits per heavy atom. The lowest BCUT2D eigenvalue weighted by Crippen LogP contribution is -2.09. The molecular weight excluding hydrogens is 304 g/mol. The third-order valence-corrected chi connectivity index (χ3v) is 4.47. The van der Waals surface area contributed by atoms with E-state index in [0.29, 0.717) is 0 Å². The first-order valence-corrected chi connectivity index (χ1v) is 8.67. The van der Waals surface area contributed by atoms with Gasteiger partial charge in [0.25, 0.3) is 5.78 Å². The van der Waals surface area contributed by atoms with Gasteiger partial charge in [0, 0.05) is 5.56 Å². The molecule has 4 nitrogen and oxygen atoms in total. The Balaban J connectivity index is 1.89. The van der Waals surface area contributed by atoms with Crippen molar-refractivity contribution in [2.24, 2.45) is 0 Å². The number of fused-ring (bicyclic) bond motifs is 1. The zero-order chi connectivity index (χ0) is 15.6. The first-order chi connectivity index (χ1) is 11.4. The molecule has 0 bridgehead atoms. The van der Waals surface area contributed by atoms with E-state index in [1.807, 2.05) is 36.7 Å². The molecule has 114 valence electrons. The predicted octanol–water partition coefficient (Wildman–Crippen LogP) is 3.97. The minimum atomic E-state index is 0.740. The molecule has 2 aromatic carbocycles. The van der Waals surface area contributed by atoms with E-state index >= 15 is 0 Å². The highest BCUT2D eigenvalue weighted by Crippen LogP contribution is 2.24. The number of hydrogen-bond acceptors (Lipinski definition) is 3. The normalized spacial score (nSPS) is 11.2. The van der Waals surface area contributed by atoms with Crippen LogP contribution >= 0.6 is 11.8 Å². The first kappa shape index (κ1) is 14.1. The van der Waals surface area contributed by atoms with Crippen molar-refractivity contribution < 1.29 is 0 Å². The van der Waals surface area contributed by atoms with Gasteiger partial charge in [0.15, 0.2) is 5.16 Å². The predicted molar refractivity (Wildman–Crippen MR) is 93.7 cm³/mol. The Labute approximate surface area is 138 Å². The maximum absolute atomic E-state index is 4.65. The summed E-state index contributed by atoms with van der Waals surface area (Å²) in [5.41, 5.74) is 3.45. The van der Waals surface area contributed by atoms with Gasteiger partial charge in [0.2, 0.25) is 0 Å². The van der Waals surface area contributed by atoms with Crippen LogP contribution in [0.5, 0.6) is 0 Å². The number of nitrogens with zero attached hydrogens (tertiary/aromatic N) is 4. The Bertz CT molecular complexity index is 926. The van der Waals surface area contributed by atoms with Crippen LogP contribution in [0.1, 0.15) is 5.56 Å². The second-order valence-electron chi connectivity index (χ2n) is 5.26. The zero-order valence-corrected chi connectivity index (χ0v) is 13.6. The number of rotatable bonds is 4. The summed E-state index contributed by atoms with van der Waals surface area (Å²) in [4.78, 5) is 9.13. The molecule has 0 radical (unpaired) electrons. The molecule has 5 heteroatoms. The molecule has 0 unspecified atom stereocenters. The van der Waals surface area contributed by atoms with Crippen molar-refractivity contribution in [2.45, 2.75) is 11.7 Å². The molecule has 0 N–H and O–H groups in total. The van der Waals surface area contributed by atoms with Crippen molar-refractivity contribution in [3.8, 4) is 11.3 Å². The molecule has 0 aliphatic carbocycles. The van der Waals surface area contributed by atoms with Gasteiger partial charge in [-0.3, -0.25) is 4.68 Å². The molecule has 4 aromatic rings. The fourth-order valence-electron chi connectivity index (χ4n) is 2.73. The van der Waals surface area contributed by atoms with E-state index in [2.05, 4.69) is 55.6 Å². The molecule has 0 saturated carbocycles. The van der Waals surface area contributed by atoms with Crippen molar-refractivity contribution in [3.63, 3.8) is 0 Å². The molecule has 2 aromatic heterocycles. The highest BCUT2D eigenvalue weighted by atomic mass is 32.2. The lowest BCUT2D eigenvalue weighted by Gasteiger charge is -2.10. The molecule has 23 heavy (non-hydrogen) atoms. The quantitative estimate of drug-likeness (QED) is 0.534. The van der Waals surface area contributed by atoms with E-state index < -0.39 is 0 Å². The van der Waals surface area contributed by atoms with E-state index in [-0.39, 0.29) is 0 Å². The number of thioether (sulfide) groups is 1. The lowest BCUT2D eigenvalue weighted by molar-refractivity contribution is 0.583. The van der Waals surface area contributed by atoms with Gasteiger partial charge < -0.3 is 0 Å². The molecule has 0 fully saturated rings. The highest BCUT2D eigenvalue weighted by Gasteiger charge is 2.16. The third-order valence-electron chi connectivity index (χ3n) is 3.81. The van der Waals surface area contributed by atoms with Gasteiger partial charge in [-0.1, -0.05) is 72.4 Å². The topological polar surface area (TPSA) is 35.1 Å². The standard InChI is InChI=1S/C18H16N4S/c1-23-18-20-17-19-12-16(15-10-6-3-7-11-15)22(17)21(18)13-14-8-4-2-5-9-14/h2-12H,13H2,1H3. The molecule has 0 amide bonds. The van der Waals surface area contributed by atoms with E-state index in [0.717, 1.165) is 28.7 Å². The van der Waals surface area contributed by atoms with Crippen LogP contribution in [-0.4, -0.2) is 25.4 Å². The fraction of sp³-hybridized carbons (Fsp3) is 0.111. The van der Waals surface area contributed by atoms with Gasteiger partial charge in [-0.2, -0.15) is 4.98 Å². The molecule has 0 saturated heterocycles. The molecular formula is C18H16N4S. The number of hydrogen-bond donors (Lipinski definition) is 0. The summed E-state index contributed by atoms with van der Waals surface area (Å²) in [6.45, 7) is 0.768. The van der Waals surface area contributed by atoms with Gasteiger partial charge in [0.05, 0.1) is 18.4 Å². The molecule has 0 atom stereocenters. The van der Waals surface area contributed by atoms with Gasteiger partial charge >= 0.3 is 0 Å². The molecule has 4 rings (SSSR count). The summed E-state index contributed by atoms with van der Waals surface area (Å²) in [5.74, 6) is 0.740. The average molecular weight is 320 g/mol. The minimum Gasteiger partial charge on any atom is -0.251 e. The van der Waals surface area contributed by atoms with Crippen LogP contribution in [-0.2, 0) is 6.54 Å². The van der Waals surface area contributed by atoms with Crippen LogP contribution < -0.4 is 0 Å². The summed E-state index contributed by atoms with van der Waals surface area (Å²) in [6, 6.07) is 20.7. The molecule has 0 aliphatic rings. The second kappa shape index (κ2) is 5.93. The third kappa shape index (κ3) is 2.53. The van der Waals surface area contributed by atoms with Crippen LogP contribution in [0, 0.1) is 0 Å². The van der Waals surface area contributed by atoms with E-state index in [9.17, 15) is 0 Å². The van der Waals surface area contributed by atoms with Crippen molar-refractivity contribution in [1.82, 2.24) is 19.2 Å². The lowest BCUT2D eigenvalue weighted by atomic mass is 10.2. The maximum atomic E-state index is 4.65. The number of benzene rings is 2. The van der Waals surface area contributed by atoms with Crippen LogP contribution in [0.25, 0.3) is 17.0 Å². The monoisotopic (exact) mass is 320 g/mol. The SMILES string of the molecule is CSc1nc2ncc(-c3ccccc3)n2n1Cc1ccccc1. The van der Waals surface area contributed by atoms with Gasteiger partial charge in [-0.25, -0.2) is 9.50 Å². The van der Waals surface area contributed by atoms with E-state index in [1.54, 1.807) is 11.8 Å². The van der Waals surface area contributed by atoms with Crippen LogP contribution in [0.2, 0.25) is 0 Å². The van der Waals surface area contributed by atoms with Gasteiger partial charge in [-0.15, -0.1) is 0 Å². The number of aromatic nitrogens is 4. The van der Waals surface area contributed by atoms with E-state index in [1.165, 1.54) is 5.56 Å². The van der Waals surface area contributed by atoms with Crippen molar-refractivity contribution in [3.05, 3.63) is 72.4 Å². The molecule has 0 aliphatic heterocycles. The van der Waals surface area contributed by atoms with E-state index in [4.69, 9.17) is 0 Å².